The van der Waals surface area contributed by atoms with Crippen molar-refractivity contribution in [1.29, 1.82) is 0 Å². The van der Waals surface area contributed by atoms with Crippen LogP contribution in [0.4, 0.5) is 4.79 Å². The number of alkyl carbamates (subject to hydrolysis) is 1. The number of carbonyl (C=O) groups excluding carboxylic acids is 1. The zero-order valence-electron chi connectivity index (χ0n) is 5.90. The molecule has 0 aliphatic carbocycles. The van der Waals surface area contributed by atoms with Gasteiger partial charge >= 0.3 is 12.1 Å². The second-order valence-electron chi connectivity index (χ2n) is 1.61. The van der Waals surface area contributed by atoms with E-state index in [2.05, 4.69) is 4.74 Å². The summed E-state index contributed by atoms with van der Waals surface area (Å²) in [7, 11) is 0. The predicted octanol–water partition coefficient (Wildman–Crippen LogP) is -0.865. The summed E-state index contributed by atoms with van der Waals surface area (Å²) in [5, 5.41) is 18.3. The Morgan fingerprint density at radius 1 is 1.64 bits per heavy atom. The molecule has 0 aliphatic heterocycles. The fraction of sp³-hybridized carbons (Fsp3) is 0.600. The van der Waals surface area contributed by atoms with Crippen molar-refractivity contribution in [1.82, 2.24) is 5.32 Å². The van der Waals surface area contributed by atoms with Gasteiger partial charge in [-0.1, -0.05) is 0 Å². The zero-order valence-corrected chi connectivity index (χ0v) is 5.90. The number of nitrogens with one attached hydrogen (secondary N) is 1. The van der Waals surface area contributed by atoms with Crippen LogP contribution in [0.1, 0.15) is 6.92 Å². The van der Waals surface area contributed by atoms with Gasteiger partial charge in [0.05, 0.1) is 6.61 Å². The summed E-state index contributed by atoms with van der Waals surface area (Å²) in [4.78, 5) is 20.3. The quantitative estimate of drug-likeness (QED) is 0.470. The van der Waals surface area contributed by atoms with Gasteiger partial charge in [-0.15, -0.1) is 0 Å². The van der Waals surface area contributed by atoms with Crippen LogP contribution in [-0.2, 0) is 9.53 Å². The Labute approximate surface area is 62.8 Å². The van der Waals surface area contributed by atoms with E-state index in [-0.39, 0.29) is 6.61 Å². The van der Waals surface area contributed by atoms with Crippen molar-refractivity contribution in [3.05, 3.63) is 0 Å². The van der Waals surface area contributed by atoms with Crippen LogP contribution in [-0.4, -0.2) is 35.1 Å². The summed E-state index contributed by atoms with van der Waals surface area (Å²) < 4.78 is 4.29. The SMILES string of the molecule is CCOC(=O)NC(O)C(=O)O. The third-order valence-electron chi connectivity index (χ3n) is 0.764. The highest BCUT2D eigenvalue weighted by Gasteiger charge is 2.15. The van der Waals surface area contributed by atoms with Crippen LogP contribution < -0.4 is 5.32 Å². The molecular formula is C5H9NO5. The van der Waals surface area contributed by atoms with Gasteiger partial charge in [0.1, 0.15) is 0 Å². The van der Waals surface area contributed by atoms with Crippen molar-refractivity contribution in [2.75, 3.05) is 6.61 Å². The number of hydrogen-bond acceptors (Lipinski definition) is 4. The molecule has 0 bridgehead atoms. The Balaban J connectivity index is 3.66. The Bertz CT molecular complexity index is 157. The summed E-state index contributed by atoms with van der Waals surface area (Å²) in [6.45, 7) is 1.69. The van der Waals surface area contributed by atoms with Crippen molar-refractivity contribution in [3.63, 3.8) is 0 Å². The Kier molecular flexibility index (Phi) is 3.97. The van der Waals surface area contributed by atoms with Crippen LogP contribution in [0.5, 0.6) is 0 Å². The Morgan fingerprint density at radius 2 is 2.18 bits per heavy atom. The molecule has 64 valence electrons. The van der Waals surface area contributed by atoms with E-state index in [1.807, 2.05) is 0 Å². The number of hydrogen-bond donors (Lipinski definition) is 3. The number of aliphatic carboxylic acids is 1. The molecule has 11 heavy (non-hydrogen) atoms. The van der Waals surface area contributed by atoms with Crippen LogP contribution in [0.15, 0.2) is 0 Å². The average Bonchev–Trinajstić information content (AvgIpc) is 1.87. The second kappa shape index (κ2) is 4.51. The van der Waals surface area contributed by atoms with E-state index in [1.54, 1.807) is 12.2 Å². The molecule has 1 unspecified atom stereocenters. The lowest BCUT2D eigenvalue weighted by atomic mass is 10.6. The first-order valence-electron chi connectivity index (χ1n) is 2.92. The maximum absolute atomic E-state index is 10.4. The summed E-state index contributed by atoms with van der Waals surface area (Å²) in [6, 6.07) is 0. The maximum atomic E-state index is 10.4. The van der Waals surface area contributed by atoms with Gasteiger partial charge in [-0.05, 0) is 6.92 Å². The van der Waals surface area contributed by atoms with E-state index in [9.17, 15) is 9.59 Å². The molecule has 0 aliphatic rings. The fourth-order valence-electron chi connectivity index (χ4n) is 0.346. The molecule has 0 aromatic carbocycles. The van der Waals surface area contributed by atoms with E-state index in [0.29, 0.717) is 0 Å². The van der Waals surface area contributed by atoms with Gasteiger partial charge in [0.25, 0.3) is 0 Å². The van der Waals surface area contributed by atoms with E-state index >= 15 is 0 Å². The summed E-state index contributed by atoms with van der Waals surface area (Å²) in [6.07, 6.45) is -2.86. The lowest BCUT2D eigenvalue weighted by molar-refractivity contribution is -0.148. The molecule has 3 N–H and O–H groups in total. The number of aliphatic hydroxyl groups excluding tert-OH is 1. The van der Waals surface area contributed by atoms with Crippen molar-refractivity contribution in [2.45, 2.75) is 13.2 Å². The second-order valence-corrected chi connectivity index (χ2v) is 1.61. The minimum absolute atomic E-state index is 0.123. The lowest BCUT2D eigenvalue weighted by Gasteiger charge is -2.06. The lowest BCUT2D eigenvalue weighted by Crippen LogP contribution is -2.40. The molecule has 6 heteroatoms. The Hall–Kier alpha value is -1.30. The number of carboxylic acid groups (broad SMARTS) is 1. The number of ether oxygens (including phenoxy) is 1. The molecule has 0 aromatic rings. The van der Waals surface area contributed by atoms with Gasteiger partial charge in [-0.3, -0.25) is 5.32 Å². The fourth-order valence-corrected chi connectivity index (χ4v) is 0.346. The van der Waals surface area contributed by atoms with E-state index in [0.717, 1.165) is 0 Å². The van der Waals surface area contributed by atoms with Crippen LogP contribution in [0.3, 0.4) is 0 Å². The smallest absolute Gasteiger partial charge is 0.409 e. The number of carbonyl (C=O) groups is 2. The number of rotatable bonds is 3. The molecule has 1 atom stereocenters. The van der Waals surface area contributed by atoms with Gasteiger partial charge in [0.15, 0.2) is 0 Å². The first-order chi connectivity index (χ1) is 5.07. The van der Waals surface area contributed by atoms with Crippen LogP contribution in [0.2, 0.25) is 0 Å². The molecule has 0 saturated heterocycles. The van der Waals surface area contributed by atoms with Gasteiger partial charge in [0.2, 0.25) is 6.23 Å². The number of aliphatic hydroxyl groups is 1. The highest BCUT2D eigenvalue weighted by Crippen LogP contribution is 1.80. The standard InChI is InChI=1S/C5H9NO5/c1-2-11-5(10)6-3(7)4(8)9/h3,7H,2H2,1H3,(H,6,10)(H,8,9). The van der Waals surface area contributed by atoms with Crippen LogP contribution >= 0.6 is 0 Å². The zero-order chi connectivity index (χ0) is 8.85. The van der Waals surface area contributed by atoms with E-state index < -0.39 is 18.3 Å². The van der Waals surface area contributed by atoms with Crippen molar-refractivity contribution < 1.29 is 24.5 Å². The van der Waals surface area contributed by atoms with Crippen LogP contribution in [0.25, 0.3) is 0 Å². The summed E-state index contributed by atoms with van der Waals surface area (Å²) in [5.74, 6) is -1.53. The highest BCUT2D eigenvalue weighted by atomic mass is 16.6. The Morgan fingerprint density at radius 3 is 2.55 bits per heavy atom. The number of carboxylic acids is 1. The predicted molar refractivity (Wildman–Crippen MR) is 33.8 cm³/mol. The summed E-state index contributed by atoms with van der Waals surface area (Å²) >= 11 is 0. The van der Waals surface area contributed by atoms with Crippen LogP contribution in [0, 0.1) is 0 Å². The maximum Gasteiger partial charge on any atom is 0.409 e. The summed E-state index contributed by atoms with van der Waals surface area (Å²) in [5.41, 5.74) is 0. The van der Waals surface area contributed by atoms with E-state index in [4.69, 9.17) is 10.2 Å². The molecule has 0 aromatic heterocycles. The largest absolute Gasteiger partial charge is 0.478 e. The monoisotopic (exact) mass is 163 g/mol. The topological polar surface area (TPSA) is 95.9 Å². The molecule has 0 rings (SSSR count). The molecule has 0 spiro atoms. The molecule has 0 heterocycles. The van der Waals surface area contributed by atoms with Crippen molar-refractivity contribution in [2.24, 2.45) is 0 Å². The first kappa shape index (κ1) is 9.70. The minimum atomic E-state index is -1.91. The van der Waals surface area contributed by atoms with Gasteiger partial charge < -0.3 is 14.9 Å². The number of amides is 1. The molecule has 0 fully saturated rings. The average molecular weight is 163 g/mol. The van der Waals surface area contributed by atoms with E-state index in [1.165, 1.54) is 0 Å². The van der Waals surface area contributed by atoms with Crippen molar-refractivity contribution in [3.8, 4) is 0 Å². The molecule has 0 radical (unpaired) electrons. The van der Waals surface area contributed by atoms with Gasteiger partial charge in [0, 0.05) is 0 Å². The third-order valence-corrected chi connectivity index (χ3v) is 0.764. The molecular weight excluding hydrogens is 154 g/mol. The first-order valence-corrected chi connectivity index (χ1v) is 2.92. The molecule has 6 nitrogen and oxygen atoms in total. The normalized spacial score (nSPS) is 11.8. The molecule has 1 amide bonds. The van der Waals surface area contributed by atoms with Gasteiger partial charge in [-0.2, -0.15) is 0 Å². The highest BCUT2D eigenvalue weighted by molar-refractivity contribution is 5.78. The minimum Gasteiger partial charge on any atom is -0.478 e. The van der Waals surface area contributed by atoms with Crippen molar-refractivity contribution >= 4 is 12.1 Å². The third kappa shape index (κ3) is 4.15. The van der Waals surface area contributed by atoms with Gasteiger partial charge in [-0.25, -0.2) is 9.59 Å². The molecule has 0 saturated carbocycles.